The summed E-state index contributed by atoms with van der Waals surface area (Å²) in [4.78, 5) is 11.6. The van der Waals surface area contributed by atoms with Crippen molar-refractivity contribution in [3.8, 4) is 53.3 Å². The summed E-state index contributed by atoms with van der Waals surface area (Å²) < 4.78 is 20.8. The first kappa shape index (κ1) is 23.9. The van der Waals surface area contributed by atoms with Crippen LogP contribution in [0.5, 0.6) is 17.2 Å². The largest absolute Gasteiger partial charge is 0.493 e. The van der Waals surface area contributed by atoms with Crippen molar-refractivity contribution < 1.29 is 23.7 Å². The van der Waals surface area contributed by atoms with Crippen molar-refractivity contribution in [1.82, 2.24) is 0 Å². The SMILES string of the molecule is C#Cc1cc(C#Cc2ccc(C(=O)OC)cc2)cc(C#Cc2cc(OC)c(OC)c(OC)c2)c1. The molecule has 0 saturated carbocycles. The Hall–Kier alpha value is -4.79. The standard InChI is InChI=1S/C29H22O5/c1-6-20-15-22(8-7-21-11-13-25(14-12-21)29(30)34-5)17-23(16-20)9-10-24-18-26(31-2)28(33-4)27(19-24)32-3/h1,11-19H,2-5H3. The summed E-state index contributed by atoms with van der Waals surface area (Å²) in [5.41, 5.74) is 4.02. The van der Waals surface area contributed by atoms with Gasteiger partial charge in [-0.15, -0.1) is 6.42 Å². The topological polar surface area (TPSA) is 54.0 Å². The lowest BCUT2D eigenvalue weighted by molar-refractivity contribution is 0.0600. The van der Waals surface area contributed by atoms with E-state index in [0.717, 1.165) is 16.7 Å². The fourth-order valence-corrected chi connectivity index (χ4v) is 3.10. The highest BCUT2D eigenvalue weighted by Crippen LogP contribution is 2.37. The van der Waals surface area contributed by atoms with E-state index in [1.54, 1.807) is 57.7 Å². The average Bonchev–Trinajstić information content (AvgIpc) is 2.89. The molecule has 0 saturated heterocycles. The molecule has 0 bridgehead atoms. The Bertz CT molecular complexity index is 1350. The predicted octanol–water partition coefficient (Wildman–Crippen LogP) is 4.28. The molecule has 34 heavy (non-hydrogen) atoms. The maximum Gasteiger partial charge on any atom is 0.337 e. The van der Waals surface area contributed by atoms with E-state index < -0.39 is 5.97 Å². The van der Waals surface area contributed by atoms with Gasteiger partial charge < -0.3 is 18.9 Å². The van der Waals surface area contributed by atoms with Gasteiger partial charge in [0.15, 0.2) is 11.5 Å². The third kappa shape index (κ3) is 5.71. The Balaban J connectivity index is 1.93. The van der Waals surface area contributed by atoms with Gasteiger partial charge in [-0.3, -0.25) is 0 Å². The van der Waals surface area contributed by atoms with Crippen LogP contribution in [0.1, 0.15) is 38.2 Å². The number of benzene rings is 3. The molecule has 0 unspecified atom stereocenters. The Kier molecular flexibility index (Phi) is 7.85. The molecule has 0 spiro atoms. The van der Waals surface area contributed by atoms with Gasteiger partial charge >= 0.3 is 5.97 Å². The van der Waals surface area contributed by atoms with Crippen molar-refractivity contribution in [1.29, 1.82) is 0 Å². The fourth-order valence-electron chi connectivity index (χ4n) is 3.10. The highest BCUT2D eigenvalue weighted by Gasteiger charge is 2.12. The van der Waals surface area contributed by atoms with Crippen LogP contribution in [-0.4, -0.2) is 34.4 Å². The van der Waals surface area contributed by atoms with Crippen LogP contribution in [0.15, 0.2) is 54.6 Å². The second-order valence-corrected chi connectivity index (χ2v) is 6.93. The third-order valence-corrected chi connectivity index (χ3v) is 4.77. The Morgan fingerprint density at radius 3 is 1.56 bits per heavy atom. The van der Waals surface area contributed by atoms with Crippen molar-refractivity contribution >= 4 is 5.97 Å². The molecule has 0 fully saturated rings. The van der Waals surface area contributed by atoms with Gasteiger partial charge in [0.25, 0.3) is 0 Å². The zero-order valence-corrected chi connectivity index (χ0v) is 19.3. The summed E-state index contributed by atoms with van der Waals surface area (Å²) >= 11 is 0. The number of terminal acetylenes is 1. The molecule has 0 radical (unpaired) electrons. The lowest BCUT2D eigenvalue weighted by Gasteiger charge is -2.12. The quantitative estimate of drug-likeness (QED) is 0.439. The number of carbonyl (C=O) groups is 1. The first-order valence-corrected chi connectivity index (χ1v) is 10.2. The lowest BCUT2D eigenvalue weighted by atomic mass is 10.0. The zero-order valence-electron chi connectivity index (χ0n) is 19.3. The molecule has 0 heterocycles. The number of methoxy groups -OCH3 is 4. The molecular weight excluding hydrogens is 428 g/mol. The van der Waals surface area contributed by atoms with Crippen molar-refractivity contribution in [2.45, 2.75) is 0 Å². The number of ether oxygens (including phenoxy) is 4. The summed E-state index contributed by atoms with van der Waals surface area (Å²) in [5, 5.41) is 0. The lowest BCUT2D eigenvalue weighted by Crippen LogP contribution is -2.00. The zero-order chi connectivity index (χ0) is 24.5. The van der Waals surface area contributed by atoms with E-state index in [1.807, 2.05) is 18.2 Å². The Morgan fingerprint density at radius 2 is 1.12 bits per heavy atom. The number of esters is 1. The molecule has 168 valence electrons. The van der Waals surface area contributed by atoms with Gasteiger partial charge in [0.1, 0.15) is 0 Å². The summed E-state index contributed by atoms with van der Waals surface area (Å²) in [6, 6.07) is 15.9. The highest BCUT2D eigenvalue weighted by molar-refractivity contribution is 5.89. The van der Waals surface area contributed by atoms with Crippen molar-refractivity contribution in [2.75, 3.05) is 28.4 Å². The molecule has 0 amide bonds. The Labute approximate surface area is 199 Å². The smallest absolute Gasteiger partial charge is 0.337 e. The number of rotatable bonds is 4. The second kappa shape index (κ2) is 11.2. The van der Waals surface area contributed by atoms with E-state index >= 15 is 0 Å². The number of carbonyl (C=O) groups excluding carboxylic acids is 1. The molecule has 0 aliphatic rings. The van der Waals surface area contributed by atoms with Crippen molar-refractivity contribution in [3.63, 3.8) is 0 Å². The van der Waals surface area contributed by atoms with E-state index in [-0.39, 0.29) is 0 Å². The molecule has 3 rings (SSSR count). The first-order valence-electron chi connectivity index (χ1n) is 10.2. The average molecular weight is 450 g/mol. The van der Waals surface area contributed by atoms with Crippen LogP contribution in [0.3, 0.4) is 0 Å². The molecule has 3 aromatic carbocycles. The van der Waals surface area contributed by atoms with Crippen LogP contribution in [-0.2, 0) is 4.74 Å². The van der Waals surface area contributed by atoms with E-state index in [1.165, 1.54) is 7.11 Å². The minimum atomic E-state index is -0.392. The van der Waals surface area contributed by atoms with Gasteiger partial charge in [0.05, 0.1) is 34.0 Å². The molecule has 3 aromatic rings. The normalized spacial score (nSPS) is 9.38. The summed E-state index contributed by atoms with van der Waals surface area (Å²) in [6.07, 6.45) is 5.63. The number of hydrogen-bond donors (Lipinski definition) is 0. The maximum absolute atomic E-state index is 11.6. The van der Waals surface area contributed by atoms with Crippen molar-refractivity contribution in [2.24, 2.45) is 0 Å². The fraction of sp³-hybridized carbons (Fsp3) is 0.138. The van der Waals surface area contributed by atoms with Gasteiger partial charge in [0.2, 0.25) is 5.75 Å². The predicted molar refractivity (Wildman–Crippen MR) is 130 cm³/mol. The molecule has 0 aromatic heterocycles. The van der Waals surface area contributed by atoms with Gasteiger partial charge in [-0.05, 0) is 54.6 Å². The summed E-state index contributed by atoms with van der Waals surface area (Å²) in [5.74, 6) is 16.2. The van der Waals surface area contributed by atoms with Crippen LogP contribution in [0, 0.1) is 36.0 Å². The van der Waals surface area contributed by atoms with Gasteiger partial charge in [0, 0.05) is 27.8 Å². The van der Waals surface area contributed by atoms with Gasteiger partial charge in [-0.2, -0.15) is 0 Å². The second-order valence-electron chi connectivity index (χ2n) is 6.93. The molecule has 0 aliphatic carbocycles. The van der Waals surface area contributed by atoms with Crippen molar-refractivity contribution in [3.05, 3.63) is 88.0 Å². The minimum absolute atomic E-state index is 0.392. The Morgan fingerprint density at radius 1 is 0.647 bits per heavy atom. The third-order valence-electron chi connectivity index (χ3n) is 4.77. The van der Waals surface area contributed by atoms with E-state index in [0.29, 0.717) is 33.9 Å². The summed E-state index contributed by atoms with van der Waals surface area (Å²) in [6.45, 7) is 0. The van der Waals surface area contributed by atoms with Gasteiger partial charge in [-0.1, -0.05) is 29.6 Å². The monoisotopic (exact) mass is 450 g/mol. The molecule has 0 aliphatic heterocycles. The molecule has 0 atom stereocenters. The van der Waals surface area contributed by atoms with Crippen LogP contribution < -0.4 is 14.2 Å². The van der Waals surface area contributed by atoms with Crippen LogP contribution in [0.25, 0.3) is 0 Å². The van der Waals surface area contributed by atoms with E-state index in [2.05, 4.69) is 29.6 Å². The van der Waals surface area contributed by atoms with E-state index in [9.17, 15) is 4.79 Å². The van der Waals surface area contributed by atoms with Crippen LogP contribution >= 0.6 is 0 Å². The minimum Gasteiger partial charge on any atom is -0.493 e. The highest BCUT2D eigenvalue weighted by atomic mass is 16.5. The molecular formula is C29H22O5. The maximum atomic E-state index is 11.6. The van der Waals surface area contributed by atoms with Crippen LogP contribution in [0.2, 0.25) is 0 Å². The molecule has 0 N–H and O–H groups in total. The summed E-state index contributed by atoms with van der Waals surface area (Å²) in [7, 11) is 6.00. The molecule has 5 heteroatoms. The van der Waals surface area contributed by atoms with Crippen LogP contribution in [0.4, 0.5) is 0 Å². The molecule has 5 nitrogen and oxygen atoms in total. The van der Waals surface area contributed by atoms with Gasteiger partial charge in [-0.25, -0.2) is 4.79 Å². The van der Waals surface area contributed by atoms with E-state index in [4.69, 9.17) is 25.4 Å². The number of hydrogen-bond acceptors (Lipinski definition) is 5. The first-order chi connectivity index (χ1) is 16.5.